The lowest BCUT2D eigenvalue weighted by atomic mass is 10.3. The summed E-state index contributed by atoms with van der Waals surface area (Å²) < 4.78 is 0.245. The molecule has 1 aliphatic carbocycles. The zero-order chi connectivity index (χ0) is 11.8. The van der Waals surface area contributed by atoms with Crippen molar-refractivity contribution in [1.82, 2.24) is 9.97 Å². The van der Waals surface area contributed by atoms with E-state index in [0.29, 0.717) is 5.15 Å². The average Bonchev–Trinajstić information content (AvgIpc) is 2.62. The highest BCUT2D eigenvalue weighted by molar-refractivity contribution is 7.99. The van der Waals surface area contributed by atoms with Gasteiger partial charge in [-0.1, -0.05) is 32.4 Å². The molecule has 0 fully saturated rings. The maximum absolute atomic E-state index is 6.16. The summed E-state index contributed by atoms with van der Waals surface area (Å²) in [5.41, 5.74) is 2.34. The Labute approximate surface area is 106 Å². The summed E-state index contributed by atoms with van der Waals surface area (Å²) in [7, 11) is 0. The van der Waals surface area contributed by atoms with Crippen LogP contribution in [0.25, 0.3) is 0 Å². The zero-order valence-corrected chi connectivity index (χ0v) is 11.6. The summed E-state index contributed by atoms with van der Waals surface area (Å²) in [6, 6.07) is 0. The van der Waals surface area contributed by atoms with Crippen molar-refractivity contribution >= 4 is 23.4 Å². The molecule has 0 aromatic carbocycles. The monoisotopic (exact) mass is 256 g/mol. The number of nitrogens with zero attached hydrogens (tertiary/aromatic N) is 2. The summed E-state index contributed by atoms with van der Waals surface area (Å²) >= 11 is 8.02. The van der Waals surface area contributed by atoms with Gasteiger partial charge in [-0.3, -0.25) is 0 Å². The van der Waals surface area contributed by atoms with Crippen LogP contribution in [0.5, 0.6) is 0 Å². The van der Waals surface area contributed by atoms with Gasteiger partial charge in [0.25, 0.3) is 0 Å². The third-order valence-electron chi connectivity index (χ3n) is 2.56. The molecular formula is C12H17ClN2S. The van der Waals surface area contributed by atoms with E-state index in [2.05, 4.69) is 30.7 Å². The maximum atomic E-state index is 6.16. The second-order valence-electron chi connectivity index (χ2n) is 5.11. The molecule has 1 aromatic heterocycles. The van der Waals surface area contributed by atoms with Crippen molar-refractivity contribution in [2.75, 3.05) is 0 Å². The molecule has 1 heterocycles. The topological polar surface area (TPSA) is 25.8 Å². The number of hydrogen-bond acceptors (Lipinski definition) is 3. The number of thioether (sulfide) groups is 1. The molecule has 0 saturated carbocycles. The van der Waals surface area contributed by atoms with E-state index in [0.717, 1.165) is 24.4 Å². The number of halogens is 1. The van der Waals surface area contributed by atoms with Gasteiger partial charge in [-0.05, 0) is 19.3 Å². The van der Waals surface area contributed by atoms with Gasteiger partial charge in [0, 0.05) is 16.0 Å². The minimum absolute atomic E-state index is 0.245. The van der Waals surface area contributed by atoms with Gasteiger partial charge in [0.05, 0.1) is 5.75 Å². The van der Waals surface area contributed by atoms with E-state index in [-0.39, 0.29) is 4.75 Å². The van der Waals surface area contributed by atoms with Crippen molar-refractivity contribution in [1.29, 1.82) is 0 Å². The molecule has 0 saturated heterocycles. The number of rotatable bonds is 2. The first-order valence-corrected chi connectivity index (χ1v) is 7.00. The van der Waals surface area contributed by atoms with Gasteiger partial charge in [0.15, 0.2) is 0 Å². The summed E-state index contributed by atoms with van der Waals surface area (Å²) in [4.78, 5) is 8.98. The summed E-state index contributed by atoms with van der Waals surface area (Å²) in [5, 5.41) is 0.673. The van der Waals surface area contributed by atoms with Gasteiger partial charge in [-0.15, -0.1) is 11.8 Å². The van der Waals surface area contributed by atoms with E-state index < -0.39 is 0 Å². The molecule has 4 heteroatoms. The minimum Gasteiger partial charge on any atom is -0.237 e. The van der Waals surface area contributed by atoms with Crippen molar-refractivity contribution in [3.63, 3.8) is 0 Å². The van der Waals surface area contributed by atoms with Gasteiger partial charge in [0.2, 0.25) is 0 Å². The Balaban J connectivity index is 2.14. The second-order valence-corrected chi connectivity index (χ2v) is 7.27. The Morgan fingerprint density at radius 2 is 2.00 bits per heavy atom. The lowest BCUT2D eigenvalue weighted by molar-refractivity contribution is 0.799. The lowest BCUT2D eigenvalue weighted by Gasteiger charge is -2.17. The molecule has 0 radical (unpaired) electrons. The third kappa shape index (κ3) is 2.89. The Bertz CT molecular complexity index is 399. The van der Waals surface area contributed by atoms with Crippen molar-refractivity contribution in [2.45, 2.75) is 50.5 Å². The van der Waals surface area contributed by atoms with Crippen LogP contribution in [0.15, 0.2) is 0 Å². The van der Waals surface area contributed by atoms with Crippen LogP contribution in [0.3, 0.4) is 0 Å². The van der Waals surface area contributed by atoms with Crippen molar-refractivity contribution in [3.05, 3.63) is 22.2 Å². The minimum atomic E-state index is 0.245. The van der Waals surface area contributed by atoms with Gasteiger partial charge < -0.3 is 0 Å². The molecule has 1 aliphatic rings. The number of hydrogen-bond donors (Lipinski definition) is 0. The molecule has 0 spiro atoms. The van der Waals surface area contributed by atoms with Crippen molar-refractivity contribution in [2.24, 2.45) is 0 Å². The molecule has 16 heavy (non-hydrogen) atoms. The van der Waals surface area contributed by atoms with Crippen LogP contribution in [0.2, 0.25) is 5.15 Å². The molecule has 0 N–H and O–H groups in total. The van der Waals surface area contributed by atoms with Crippen LogP contribution >= 0.6 is 23.4 Å². The fourth-order valence-corrected chi connectivity index (χ4v) is 2.77. The predicted molar refractivity (Wildman–Crippen MR) is 70.1 cm³/mol. The molecule has 2 rings (SSSR count). The van der Waals surface area contributed by atoms with E-state index in [4.69, 9.17) is 11.6 Å². The van der Waals surface area contributed by atoms with Crippen LogP contribution < -0.4 is 0 Å². The first kappa shape index (κ1) is 12.2. The molecule has 2 nitrogen and oxygen atoms in total. The van der Waals surface area contributed by atoms with Crippen LogP contribution in [0.1, 0.15) is 44.3 Å². The summed E-state index contributed by atoms with van der Waals surface area (Å²) in [5.74, 6) is 1.72. The average molecular weight is 257 g/mol. The molecule has 0 bridgehead atoms. The molecule has 0 amide bonds. The largest absolute Gasteiger partial charge is 0.237 e. The van der Waals surface area contributed by atoms with Crippen LogP contribution in [0.4, 0.5) is 0 Å². The third-order valence-corrected chi connectivity index (χ3v) is 4.14. The zero-order valence-electron chi connectivity index (χ0n) is 10.0. The van der Waals surface area contributed by atoms with E-state index in [1.807, 2.05) is 11.8 Å². The fourth-order valence-electron chi connectivity index (χ4n) is 1.78. The van der Waals surface area contributed by atoms with Gasteiger partial charge in [0.1, 0.15) is 11.0 Å². The van der Waals surface area contributed by atoms with Crippen LogP contribution in [-0.2, 0) is 18.6 Å². The molecular weight excluding hydrogens is 240 g/mol. The molecule has 0 atom stereocenters. The van der Waals surface area contributed by atoms with E-state index in [1.54, 1.807) is 0 Å². The Hall–Kier alpha value is -0.280. The van der Waals surface area contributed by atoms with Crippen LogP contribution in [-0.4, -0.2) is 14.7 Å². The fraction of sp³-hybridized carbons (Fsp3) is 0.667. The number of aryl methyl sites for hydroxylation is 1. The number of fused-ring (bicyclic) bond motifs is 1. The predicted octanol–water partition coefficient (Wildman–Crippen LogP) is 3.65. The SMILES string of the molecule is CC(C)(C)SCc1nc(Cl)c2c(n1)CCC2. The van der Waals surface area contributed by atoms with Gasteiger partial charge >= 0.3 is 0 Å². The highest BCUT2D eigenvalue weighted by atomic mass is 35.5. The maximum Gasteiger partial charge on any atom is 0.140 e. The van der Waals surface area contributed by atoms with E-state index >= 15 is 0 Å². The van der Waals surface area contributed by atoms with E-state index in [1.165, 1.54) is 17.7 Å². The summed E-state index contributed by atoms with van der Waals surface area (Å²) in [6.07, 6.45) is 3.27. The van der Waals surface area contributed by atoms with Gasteiger partial charge in [-0.2, -0.15) is 0 Å². The molecule has 88 valence electrons. The highest BCUT2D eigenvalue weighted by Gasteiger charge is 2.19. The smallest absolute Gasteiger partial charge is 0.140 e. The van der Waals surface area contributed by atoms with Crippen molar-refractivity contribution < 1.29 is 0 Å². The first-order valence-electron chi connectivity index (χ1n) is 5.64. The second kappa shape index (κ2) is 4.53. The molecule has 0 unspecified atom stereocenters. The lowest BCUT2D eigenvalue weighted by Crippen LogP contribution is -2.09. The number of aromatic nitrogens is 2. The Kier molecular flexibility index (Phi) is 3.45. The Morgan fingerprint density at radius 1 is 1.25 bits per heavy atom. The summed E-state index contributed by atoms with van der Waals surface area (Å²) in [6.45, 7) is 6.60. The van der Waals surface area contributed by atoms with E-state index in [9.17, 15) is 0 Å². The molecule has 0 aliphatic heterocycles. The molecule has 1 aromatic rings. The quantitative estimate of drug-likeness (QED) is 0.756. The highest BCUT2D eigenvalue weighted by Crippen LogP contribution is 2.29. The van der Waals surface area contributed by atoms with Gasteiger partial charge in [-0.25, -0.2) is 9.97 Å². The van der Waals surface area contributed by atoms with Crippen molar-refractivity contribution in [3.8, 4) is 0 Å². The standard InChI is InChI=1S/C12H17ClN2S/c1-12(2,3)16-7-10-14-9-6-4-5-8(9)11(13)15-10/h4-7H2,1-3H3. The normalized spacial score (nSPS) is 15.2. The first-order chi connectivity index (χ1) is 7.46. The Morgan fingerprint density at radius 3 is 2.69 bits per heavy atom. The van der Waals surface area contributed by atoms with Crippen LogP contribution in [0, 0.1) is 0 Å².